The van der Waals surface area contributed by atoms with E-state index in [0.29, 0.717) is 0 Å². The number of rotatable bonds is 4. The number of fused-ring (bicyclic) bond motifs is 2. The molecule has 0 saturated heterocycles. The van der Waals surface area contributed by atoms with Gasteiger partial charge in [-0.1, -0.05) is 49.4 Å². The first kappa shape index (κ1) is 15.2. The molecule has 4 rings (SSSR count). The van der Waals surface area contributed by atoms with Gasteiger partial charge in [0.2, 0.25) is 0 Å². The van der Waals surface area contributed by atoms with E-state index in [-0.39, 0.29) is 5.78 Å². The predicted molar refractivity (Wildman–Crippen MR) is 102 cm³/mol. The van der Waals surface area contributed by atoms with Gasteiger partial charge in [-0.25, -0.2) is 0 Å². The molecule has 24 heavy (non-hydrogen) atoms. The Labute approximate surface area is 145 Å². The number of carbonyl (C=O) groups is 1. The molecule has 120 valence electrons. The zero-order valence-corrected chi connectivity index (χ0v) is 14.7. The first-order chi connectivity index (χ1) is 11.7. The molecule has 2 aromatic carbocycles. The highest BCUT2D eigenvalue weighted by atomic mass is 32.1. The summed E-state index contributed by atoms with van der Waals surface area (Å²) in [6.45, 7) is 5.19. The summed E-state index contributed by atoms with van der Waals surface area (Å²) in [6, 6.07) is 16.1. The van der Waals surface area contributed by atoms with Gasteiger partial charge >= 0.3 is 0 Å². The molecule has 0 radical (unpaired) electrons. The first-order valence-corrected chi connectivity index (χ1v) is 9.19. The standard InChI is InChI=1S/C21H19NOS/c1-3-12-22-14(2)19(18-11-13-24-21(18)22)20(23)17-10-6-8-15-7-4-5-9-16(15)17/h4-11,13H,3,12H2,1-2H3. The molecule has 0 spiro atoms. The molecule has 2 heterocycles. The Bertz CT molecular complexity index is 1050. The maximum absolute atomic E-state index is 13.4. The Morgan fingerprint density at radius 3 is 2.67 bits per heavy atom. The van der Waals surface area contributed by atoms with Gasteiger partial charge in [0.15, 0.2) is 5.78 Å². The van der Waals surface area contributed by atoms with Gasteiger partial charge in [-0.2, -0.15) is 0 Å². The Morgan fingerprint density at radius 1 is 1.04 bits per heavy atom. The van der Waals surface area contributed by atoms with E-state index >= 15 is 0 Å². The van der Waals surface area contributed by atoms with E-state index in [0.717, 1.165) is 45.9 Å². The molecule has 0 aliphatic heterocycles. The van der Waals surface area contributed by atoms with Crippen LogP contribution in [0.25, 0.3) is 21.0 Å². The van der Waals surface area contributed by atoms with Crippen LogP contribution in [0.3, 0.4) is 0 Å². The number of aromatic nitrogens is 1. The molecule has 0 fully saturated rings. The Balaban J connectivity index is 1.96. The lowest BCUT2D eigenvalue weighted by atomic mass is 9.96. The van der Waals surface area contributed by atoms with Gasteiger partial charge in [0.25, 0.3) is 0 Å². The molecule has 0 N–H and O–H groups in total. The molecule has 0 bridgehead atoms. The van der Waals surface area contributed by atoms with Crippen molar-refractivity contribution in [2.75, 3.05) is 0 Å². The van der Waals surface area contributed by atoms with Crippen molar-refractivity contribution in [1.29, 1.82) is 0 Å². The summed E-state index contributed by atoms with van der Waals surface area (Å²) in [5.74, 6) is 0.127. The van der Waals surface area contributed by atoms with Crippen molar-refractivity contribution in [3.05, 3.63) is 70.7 Å². The summed E-state index contributed by atoms with van der Waals surface area (Å²) in [6.07, 6.45) is 1.06. The molecule has 0 amide bonds. The van der Waals surface area contributed by atoms with E-state index in [9.17, 15) is 4.79 Å². The molecule has 4 aromatic rings. The number of hydrogen-bond acceptors (Lipinski definition) is 2. The smallest absolute Gasteiger partial charge is 0.196 e. The fraction of sp³-hybridized carbons (Fsp3) is 0.190. The Hall–Kier alpha value is -2.39. The topological polar surface area (TPSA) is 22.0 Å². The van der Waals surface area contributed by atoms with Crippen molar-refractivity contribution in [3.63, 3.8) is 0 Å². The van der Waals surface area contributed by atoms with Gasteiger partial charge in [0.1, 0.15) is 4.83 Å². The molecular formula is C21H19NOS. The maximum atomic E-state index is 13.4. The quantitative estimate of drug-likeness (QED) is 0.432. The van der Waals surface area contributed by atoms with Crippen LogP contribution >= 0.6 is 11.3 Å². The fourth-order valence-corrected chi connectivity index (χ4v) is 4.51. The van der Waals surface area contributed by atoms with Gasteiger partial charge in [-0.15, -0.1) is 11.3 Å². The monoisotopic (exact) mass is 333 g/mol. The van der Waals surface area contributed by atoms with E-state index in [2.05, 4.69) is 42.0 Å². The minimum Gasteiger partial charge on any atom is -0.336 e. The van der Waals surface area contributed by atoms with Crippen LogP contribution in [0.2, 0.25) is 0 Å². The highest BCUT2D eigenvalue weighted by Crippen LogP contribution is 2.33. The molecule has 0 saturated carbocycles. The predicted octanol–water partition coefficient (Wildman–Crippen LogP) is 5.81. The Kier molecular flexibility index (Phi) is 3.73. The lowest BCUT2D eigenvalue weighted by Crippen LogP contribution is -2.06. The minimum atomic E-state index is 0.127. The average Bonchev–Trinajstić information content (AvgIpc) is 3.16. The number of ketones is 1. The average molecular weight is 333 g/mol. The largest absolute Gasteiger partial charge is 0.336 e. The van der Waals surface area contributed by atoms with Crippen LogP contribution in [0, 0.1) is 6.92 Å². The molecule has 0 unspecified atom stereocenters. The second-order valence-corrected chi connectivity index (χ2v) is 7.00. The van der Waals surface area contributed by atoms with Crippen molar-refractivity contribution in [2.45, 2.75) is 26.8 Å². The SMILES string of the molecule is CCCn1c(C)c(C(=O)c2cccc3ccccc23)c2ccsc21. The first-order valence-electron chi connectivity index (χ1n) is 8.31. The number of hydrogen-bond donors (Lipinski definition) is 0. The number of aryl methyl sites for hydroxylation is 1. The van der Waals surface area contributed by atoms with Gasteiger partial charge in [0, 0.05) is 23.2 Å². The van der Waals surface area contributed by atoms with Crippen LogP contribution < -0.4 is 0 Å². The van der Waals surface area contributed by atoms with E-state index in [1.807, 2.05) is 30.3 Å². The summed E-state index contributed by atoms with van der Waals surface area (Å²) in [7, 11) is 0. The highest BCUT2D eigenvalue weighted by Gasteiger charge is 2.22. The number of benzene rings is 2. The molecule has 0 atom stereocenters. The number of carbonyl (C=O) groups excluding carboxylic acids is 1. The van der Waals surface area contributed by atoms with E-state index in [4.69, 9.17) is 0 Å². The highest BCUT2D eigenvalue weighted by molar-refractivity contribution is 7.16. The van der Waals surface area contributed by atoms with Crippen molar-refractivity contribution < 1.29 is 4.79 Å². The molecule has 3 heteroatoms. The third-order valence-electron chi connectivity index (χ3n) is 4.63. The van der Waals surface area contributed by atoms with Crippen LogP contribution in [0.4, 0.5) is 0 Å². The summed E-state index contributed by atoms with van der Waals surface area (Å²) < 4.78 is 2.29. The molecule has 0 aliphatic rings. The minimum absolute atomic E-state index is 0.127. The Morgan fingerprint density at radius 2 is 1.83 bits per heavy atom. The molecule has 2 aromatic heterocycles. The van der Waals surface area contributed by atoms with Crippen LogP contribution in [-0.4, -0.2) is 10.4 Å². The normalized spacial score (nSPS) is 11.4. The van der Waals surface area contributed by atoms with Crippen molar-refractivity contribution in [3.8, 4) is 0 Å². The lowest BCUT2D eigenvalue weighted by molar-refractivity contribution is 0.104. The maximum Gasteiger partial charge on any atom is 0.196 e. The third-order valence-corrected chi connectivity index (χ3v) is 5.57. The lowest BCUT2D eigenvalue weighted by Gasteiger charge is -2.08. The van der Waals surface area contributed by atoms with Gasteiger partial charge in [-0.3, -0.25) is 4.79 Å². The fourth-order valence-electron chi connectivity index (χ4n) is 3.52. The van der Waals surface area contributed by atoms with Crippen molar-refractivity contribution in [1.82, 2.24) is 4.57 Å². The zero-order valence-electron chi connectivity index (χ0n) is 13.9. The summed E-state index contributed by atoms with van der Waals surface area (Å²) >= 11 is 1.72. The van der Waals surface area contributed by atoms with Crippen LogP contribution in [-0.2, 0) is 6.54 Å². The van der Waals surface area contributed by atoms with Crippen LogP contribution in [0.15, 0.2) is 53.9 Å². The van der Waals surface area contributed by atoms with E-state index < -0.39 is 0 Å². The molecular weight excluding hydrogens is 314 g/mol. The van der Waals surface area contributed by atoms with E-state index in [1.54, 1.807) is 11.3 Å². The van der Waals surface area contributed by atoms with Crippen molar-refractivity contribution >= 4 is 38.1 Å². The summed E-state index contributed by atoms with van der Waals surface area (Å²) in [5, 5.41) is 5.30. The van der Waals surface area contributed by atoms with Crippen LogP contribution in [0.5, 0.6) is 0 Å². The van der Waals surface area contributed by atoms with Crippen molar-refractivity contribution in [2.24, 2.45) is 0 Å². The molecule has 2 nitrogen and oxygen atoms in total. The number of thiophene rings is 1. The third kappa shape index (κ3) is 2.20. The van der Waals surface area contributed by atoms with Gasteiger partial charge < -0.3 is 4.57 Å². The number of nitrogens with zero attached hydrogens (tertiary/aromatic N) is 1. The summed E-state index contributed by atoms with van der Waals surface area (Å²) in [4.78, 5) is 14.6. The van der Waals surface area contributed by atoms with E-state index in [1.165, 1.54) is 4.83 Å². The van der Waals surface area contributed by atoms with Crippen LogP contribution in [0.1, 0.15) is 35.0 Å². The van der Waals surface area contributed by atoms with Gasteiger partial charge in [0.05, 0.1) is 5.56 Å². The summed E-state index contributed by atoms with van der Waals surface area (Å²) in [5.41, 5.74) is 2.73. The van der Waals surface area contributed by atoms with Gasteiger partial charge in [-0.05, 0) is 35.6 Å². The second kappa shape index (κ2) is 5.91. The zero-order chi connectivity index (χ0) is 16.7. The second-order valence-electron chi connectivity index (χ2n) is 6.11. The molecule has 0 aliphatic carbocycles.